The molecule has 10 heteroatoms. The topological polar surface area (TPSA) is 132 Å². The van der Waals surface area contributed by atoms with Crippen molar-refractivity contribution in [2.45, 2.75) is 84.1 Å². The third-order valence-corrected chi connectivity index (χ3v) is 8.14. The second-order valence-electron chi connectivity index (χ2n) is 11.3. The van der Waals surface area contributed by atoms with Crippen molar-refractivity contribution in [3.8, 4) is 22.8 Å². The Kier molecular flexibility index (Phi) is 9.13. The van der Waals surface area contributed by atoms with Crippen molar-refractivity contribution < 1.29 is 18.5 Å². The Morgan fingerprint density at radius 3 is 2.17 bits per heavy atom. The molecule has 0 saturated heterocycles. The van der Waals surface area contributed by atoms with E-state index in [1.807, 2.05) is 0 Å². The van der Waals surface area contributed by atoms with Crippen LogP contribution in [0.4, 0.5) is 0 Å². The average Bonchev–Trinajstić information content (AvgIpc) is 3.66. The minimum Gasteiger partial charge on any atom is -0.463 e. The third-order valence-electron chi connectivity index (χ3n) is 8.14. The molecule has 2 amide bonds. The largest absolute Gasteiger partial charge is 0.463 e. The quantitative estimate of drug-likeness (QED) is 0.383. The maximum Gasteiger partial charge on any atom is 0.271 e. The summed E-state index contributed by atoms with van der Waals surface area (Å²) in [4.78, 5) is 39.9. The molecule has 0 aromatic carbocycles. The predicted molar refractivity (Wildman–Crippen MR) is 149 cm³/mol. The summed E-state index contributed by atoms with van der Waals surface area (Å²) < 4.78 is 12.3. The highest BCUT2D eigenvalue weighted by Gasteiger charge is 2.27. The SMILES string of the molecule is Cc1cc(-c2c(-c3ccco3)nn(CC(=O)NCC3CCCCC3)c(=O)c2CC(=O)NCC2CCCCC2)on1. The van der Waals surface area contributed by atoms with Gasteiger partial charge in [-0.05, 0) is 56.6 Å². The fourth-order valence-electron chi connectivity index (χ4n) is 5.94. The monoisotopic (exact) mass is 549 g/mol. The molecule has 40 heavy (non-hydrogen) atoms. The summed E-state index contributed by atoms with van der Waals surface area (Å²) in [7, 11) is 0. The lowest BCUT2D eigenvalue weighted by Crippen LogP contribution is -2.39. The van der Waals surface area contributed by atoms with Crippen LogP contribution in [0.15, 0.2) is 38.2 Å². The second-order valence-corrected chi connectivity index (χ2v) is 11.3. The zero-order valence-electron chi connectivity index (χ0n) is 23.2. The summed E-state index contributed by atoms with van der Waals surface area (Å²) in [5, 5.41) is 14.6. The van der Waals surface area contributed by atoms with Crippen LogP contribution >= 0.6 is 0 Å². The van der Waals surface area contributed by atoms with Crippen LogP contribution in [0.5, 0.6) is 0 Å². The van der Waals surface area contributed by atoms with Crippen LogP contribution in [-0.2, 0) is 22.6 Å². The molecule has 0 bridgehead atoms. The molecule has 2 fully saturated rings. The molecule has 0 spiro atoms. The Balaban J connectivity index is 1.45. The maximum atomic E-state index is 13.8. The summed E-state index contributed by atoms with van der Waals surface area (Å²) in [5.41, 5.74) is 0.973. The van der Waals surface area contributed by atoms with Gasteiger partial charge in [0.15, 0.2) is 11.5 Å². The molecular weight excluding hydrogens is 510 g/mol. The maximum absolute atomic E-state index is 13.8. The van der Waals surface area contributed by atoms with Gasteiger partial charge < -0.3 is 19.6 Å². The molecule has 2 saturated carbocycles. The highest BCUT2D eigenvalue weighted by atomic mass is 16.5. The van der Waals surface area contributed by atoms with Gasteiger partial charge in [0.25, 0.3) is 5.56 Å². The van der Waals surface area contributed by atoms with E-state index in [0.29, 0.717) is 53.4 Å². The number of aryl methyl sites for hydroxylation is 1. The summed E-state index contributed by atoms with van der Waals surface area (Å²) >= 11 is 0. The van der Waals surface area contributed by atoms with Crippen LogP contribution in [0.25, 0.3) is 22.8 Å². The molecule has 5 rings (SSSR count). The molecule has 10 nitrogen and oxygen atoms in total. The lowest BCUT2D eigenvalue weighted by atomic mass is 9.89. The minimum atomic E-state index is -0.514. The van der Waals surface area contributed by atoms with Crippen LogP contribution in [0.2, 0.25) is 0 Å². The molecule has 0 aliphatic heterocycles. The van der Waals surface area contributed by atoms with Gasteiger partial charge >= 0.3 is 0 Å². The van der Waals surface area contributed by atoms with Crippen molar-refractivity contribution >= 4 is 11.8 Å². The van der Waals surface area contributed by atoms with E-state index in [-0.39, 0.29) is 30.3 Å². The normalized spacial score (nSPS) is 16.6. The van der Waals surface area contributed by atoms with Crippen LogP contribution in [0.1, 0.15) is 75.5 Å². The Morgan fingerprint density at radius 2 is 1.60 bits per heavy atom. The molecular formula is C30H39N5O5. The van der Waals surface area contributed by atoms with Gasteiger partial charge in [-0.2, -0.15) is 5.10 Å². The number of carbonyl (C=O) groups excluding carboxylic acids is 2. The highest BCUT2D eigenvalue weighted by Crippen LogP contribution is 2.33. The van der Waals surface area contributed by atoms with Gasteiger partial charge in [-0.1, -0.05) is 43.7 Å². The first-order valence-corrected chi connectivity index (χ1v) is 14.6. The molecule has 2 aliphatic carbocycles. The van der Waals surface area contributed by atoms with Crippen molar-refractivity contribution in [2.24, 2.45) is 11.8 Å². The molecule has 0 radical (unpaired) electrons. The van der Waals surface area contributed by atoms with E-state index >= 15 is 0 Å². The number of hydrogen-bond acceptors (Lipinski definition) is 7. The van der Waals surface area contributed by atoms with E-state index in [4.69, 9.17) is 8.94 Å². The van der Waals surface area contributed by atoms with Crippen LogP contribution in [0.3, 0.4) is 0 Å². The summed E-state index contributed by atoms with van der Waals surface area (Å²) in [6, 6.07) is 5.14. The van der Waals surface area contributed by atoms with Crippen molar-refractivity contribution in [1.82, 2.24) is 25.6 Å². The summed E-state index contributed by atoms with van der Waals surface area (Å²) in [6.45, 7) is 2.70. The number of furan rings is 1. The van der Waals surface area contributed by atoms with E-state index in [1.165, 1.54) is 44.8 Å². The summed E-state index contributed by atoms with van der Waals surface area (Å²) in [5.74, 6) is 1.07. The first kappa shape index (κ1) is 27.9. The zero-order valence-corrected chi connectivity index (χ0v) is 23.2. The molecule has 2 aliphatic rings. The standard InChI is InChI=1S/C30H39N5O5/c1-20-15-25(40-34-20)28-23(16-26(36)31-17-21-9-4-2-5-10-21)30(38)35(33-29(28)24-13-8-14-39-24)19-27(37)32-18-22-11-6-3-7-12-22/h8,13-15,21-22H,2-7,9-12,16-19H2,1H3,(H,31,36)(H,32,37). The van der Waals surface area contributed by atoms with Gasteiger partial charge in [0.2, 0.25) is 11.8 Å². The molecule has 0 atom stereocenters. The van der Waals surface area contributed by atoms with E-state index in [1.54, 1.807) is 25.1 Å². The van der Waals surface area contributed by atoms with Crippen LogP contribution < -0.4 is 16.2 Å². The van der Waals surface area contributed by atoms with E-state index in [2.05, 4.69) is 20.9 Å². The Bertz CT molecular complexity index is 1350. The number of nitrogens with one attached hydrogen (secondary N) is 2. The Hall–Kier alpha value is -3.69. The fraction of sp³-hybridized carbons (Fsp3) is 0.567. The number of amides is 2. The molecule has 214 valence electrons. The number of carbonyl (C=O) groups is 2. The number of hydrogen-bond donors (Lipinski definition) is 2. The average molecular weight is 550 g/mol. The summed E-state index contributed by atoms with van der Waals surface area (Å²) in [6.07, 6.45) is 12.9. The predicted octanol–water partition coefficient (Wildman–Crippen LogP) is 4.40. The van der Waals surface area contributed by atoms with E-state index in [0.717, 1.165) is 30.4 Å². The van der Waals surface area contributed by atoms with Crippen molar-refractivity contribution in [3.05, 3.63) is 46.1 Å². The number of nitrogens with zero attached hydrogens (tertiary/aromatic N) is 3. The molecule has 3 aromatic heterocycles. The van der Waals surface area contributed by atoms with Crippen LogP contribution in [0, 0.1) is 18.8 Å². The minimum absolute atomic E-state index is 0.180. The second kappa shape index (κ2) is 13.1. The van der Waals surface area contributed by atoms with Crippen LogP contribution in [-0.4, -0.2) is 39.8 Å². The first-order valence-electron chi connectivity index (χ1n) is 14.6. The number of rotatable bonds is 10. The van der Waals surface area contributed by atoms with Crippen molar-refractivity contribution in [1.29, 1.82) is 0 Å². The van der Waals surface area contributed by atoms with Gasteiger partial charge in [-0.3, -0.25) is 14.4 Å². The van der Waals surface area contributed by atoms with E-state index < -0.39 is 5.56 Å². The van der Waals surface area contributed by atoms with Crippen molar-refractivity contribution in [3.63, 3.8) is 0 Å². The lowest BCUT2D eigenvalue weighted by molar-refractivity contribution is -0.122. The van der Waals surface area contributed by atoms with Gasteiger partial charge in [0.05, 0.1) is 23.9 Å². The van der Waals surface area contributed by atoms with Crippen molar-refractivity contribution in [2.75, 3.05) is 13.1 Å². The Labute approximate surface area is 233 Å². The number of aromatic nitrogens is 3. The molecule has 0 unspecified atom stereocenters. The first-order chi connectivity index (χ1) is 19.5. The highest BCUT2D eigenvalue weighted by molar-refractivity contribution is 5.85. The fourth-order valence-corrected chi connectivity index (χ4v) is 5.94. The Morgan fingerprint density at radius 1 is 0.950 bits per heavy atom. The van der Waals surface area contributed by atoms with Gasteiger partial charge in [0.1, 0.15) is 12.2 Å². The zero-order chi connectivity index (χ0) is 27.9. The molecule has 2 N–H and O–H groups in total. The van der Waals surface area contributed by atoms with Gasteiger partial charge in [-0.15, -0.1) is 0 Å². The van der Waals surface area contributed by atoms with Gasteiger partial charge in [-0.25, -0.2) is 4.68 Å². The smallest absolute Gasteiger partial charge is 0.271 e. The lowest BCUT2D eigenvalue weighted by Gasteiger charge is -2.22. The van der Waals surface area contributed by atoms with E-state index in [9.17, 15) is 14.4 Å². The third kappa shape index (κ3) is 6.89. The molecule has 3 heterocycles. The van der Waals surface area contributed by atoms with Gasteiger partial charge in [0, 0.05) is 24.7 Å². The molecule has 3 aromatic rings.